The van der Waals surface area contributed by atoms with Crippen LogP contribution in [0.1, 0.15) is 33.1 Å². The molecule has 5 heteroatoms. The predicted molar refractivity (Wildman–Crippen MR) is 114 cm³/mol. The predicted octanol–water partition coefficient (Wildman–Crippen LogP) is 3.11. The van der Waals surface area contributed by atoms with E-state index in [-0.39, 0.29) is 5.91 Å². The Labute approximate surface area is 170 Å². The number of benzene rings is 3. The van der Waals surface area contributed by atoms with E-state index in [1.807, 2.05) is 67.6 Å². The van der Waals surface area contributed by atoms with Gasteiger partial charge in [0.2, 0.25) is 5.91 Å². The maximum absolute atomic E-state index is 12.7. The maximum Gasteiger partial charge on any atom is 0.251 e. The van der Waals surface area contributed by atoms with E-state index in [0.717, 1.165) is 11.1 Å². The van der Waals surface area contributed by atoms with Gasteiger partial charge in [0.05, 0.1) is 6.04 Å². The number of primary amides is 1. The molecule has 0 heterocycles. The van der Waals surface area contributed by atoms with Crippen molar-refractivity contribution in [2.75, 3.05) is 0 Å². The molecule has 0 aliphatic heterocycles. The Bertz CT molecular complexity index is 941. The second-order valence-electron chi connectivity index (χ2n) is 6.97. The third kappa shape index (κ3) is 5.53. The van der Waals surface area contributed by atoms with E-state index >= 15 is 0 Å². The van der Waals surface area contributed by atoms with E-state index in [4.69, 9.17) is 5.73 Å². The minimum atomic E-state index is -0.907. The highest BCUT2D eigenvalue weighted by atomic mass is 16.2. The highest BCUT2D eigenvalue weighted by Gasteiger charge is 2.29. The van der Waals surface area contributed by atoms with Crippen molar-refractivity contribution >= 4 is 11.8 Å². The molecule has 5 nitrogen and oxygen atoms in total. The quantitative estimate of drug-likeness (QED) is 0.555. The van der Waals surface area contributed by atoms with Crippen molar-refractivity contribution < 1.29 is 9.59 Å². The number of amides is 2. The van der Waals surface area contributed by atoms with E-state index in [2.05, 4.69) is 10.6 Å². The van der Waals surface area contributed by atoms with Gasteiger partial charge in [-0.2, -0.15) is 0 Å². The number of carbonyl (C=O) groups excluding carboxylic acids is 2. The first-order valence-electron chi connectivity index (χ1n) is 9.53. The number of nitrogens with one attached hydrogen (secondary N) is 2. The monoisotopic (exact) mass is 387 g/mol. The van der Waals surface area contributed by atoms with Crippen LogP contribution in [0.25, 0.3) is 0 Å². The Morgan fingerprint density at radius 2 is 1.45 bits per heavy atom. The Morgan fingerprint density at radius 1 is 0.862 bits per heavy atom. The molecule has 4 N–H and O–H groups in total. The number of aryl methyl sites for hydroxylation is 1. The lowest BCUT2D eigenvalue weighted by atomic mass is 9.97. The fraction of sp³-hybridized carbons (Fsp3) is 0.167. The zero-order chi connectivity index (χ0) is 20.6. The summed E-state index contributed by atoms with van der Waals surface area (Å²) in [5.74, 6) is -0.938. The minimum absolute atomic E-state index is 0.340. The zero-order valence-corrected chi connectivity index (χ0v) is 16.3. The third-order valence-electron chi connectivity index (χ3n) is 4.77. The Morgan fingerprint density at radius 3 is 2.03 bits per heavy atom. The summed E-state index contributed by atoms with van der Waals surface area (Å²) < 4.78 is 0. The van der Waals surface area contributed by atoms with Crippen molar-refractivity contribution in [3.8, 4) is 0 Å². The summed E-state index contributed by atoms with van der Waals surface area (Å²) in [4.78, 5) is 25.0. The van der Waals surface area contributed by atoms with Crippen LogP contribution in [0.2, 0.25) is 0 Å². The van der Waals surface area contributed by atoms with Gasteiger partial charge in [-0.05, 0) is 30.2 Å². The molecule has 3 aromatic carbocycles. The second kappa shape index (κ2) is 9.66. The largest absolute Gasteiger partial charge is 0.368 e. The first-order chi connectivity index (χ1) is 14.0. The normalized spacial score (nSPS) is 12.7. The van der Waals surface area contributed by atoms with Gasteiger partial charge in [-0.3, -0.25) is 9.59 Å². The molecular weight excluding hydrogens is 362 g/mol. The average Bonchev–Trinajstić information content (AvgIpc) is 2.75. The Balaban J connectivity index is 1.84. The highest BCUT2D eigenvalue weighted by molar-refractivity contribution is 5.97. The van der Waals surface area contributed by atoms with Crippen LogP contribution in [0, 0.1) is 6.92 Å². The maximum atomic E-state index is 12.7. The van der Waals surface area contributed by atoms with E-state index in [1.165, 1.54) is 5.56 Å². The molecule has 0 aliphatic rings. The van der Waals surface area contributed by atoms with Crippen molar-refractivity contribution in [2.24, 2.45) is 5.73 Å². The molecule has 0 saturated heterocycles. The molecule has 0 aliphatic carbocycles. The van der Waals surface area contributed by atoms with Crippen LogP contribution in [-0.2, 0) is 11.3 Å². The molecule has 2 amide bonds. The Kier molecular flexibility index (Phi) is 6.76. The van der Waals surface area contributed by atoms with Crippen LogP contribution in [0.5, 0.6) is 0 Å². The summed E-state index contributed by atoms with van der Waals surface area (Å²) in [5, 5.41) is 6.20. The summed E-state index contributed by atoms with van der Waals surface area (Å²) >= 11 is 0. The van der Waals surface area contributed by atoms with Crippen LogP contribution in [0.3, 0.4) is 0 Å². The SMILES string of the molecule is Cc1ccc(CN[C@H](c2ccccc2)[C@@H](NC(=O)c2ccccc2)C(N)=O)cc1. The van der Waals surface area contributed by atoms with Crippen LogP contribution >= 0.6 is 0 Å². The van der Waals surface area contributed by atoms with Crippen molar-refractivity contribution in [2.45, 2.75) is 25.6 Å². The van der Waals surface area contributed by atoms with Crippen molar-refractivity contribution in [3.05, 3.63) is 107 Å². The van der Waals surface area contributed by atoms with E-state index < -0.39 is 18.0 Å². The molecule has 0 saturated carbocycles. The summed E-state index contributed by atoms with van der Waals surface area (Å²) in [6.45, 7) is 2.57. The molecule has 0 spiro atoms. The summed E-state index contributed by atoms with van der Waals surface area (Å²) in [7, 11) is 0. The first kappa shape index (κ1) is 20.3. The molecule has 0 fully saturated rings. The first-order valence-corrected chi connectivity index (χ1v) is 9.53. The summed E-state index contributed by atoms with van der Waals surface area (Å²) in [6.07, 6.45) is 0. The van der Waals surface area contributed by atoms with Gasteiger partial charge in [0.1, 0.15) is 6.04 Å². The molecular formula is C24H25N3O2. The minimum Gasteiger partial charge on any atom is -0.368 e. The fourth-order valence-corrected chi connectivity index (χ4v) is 3.16. The molecule has 2 atom stereocenters. The zero-order valence-electron chi connectivity index (χ0n) is 16.3. The fourth-order valence-electron chi connectivity index (χ4n) is 3.16. The third-order valence-corrected chi connectivity index (χ3v) is 4.77. The molecule has 3 rings (SSSR count). The van der Waals surface area contributed by atoms with Gasteiger partial charge in [-0.15, -0.1) is 0 Å². The number of nitrogens with two attached hydrogens (primary N) is 1. The van der Waals surface area contributed by atoms with Crippen LogP contribution in [-0.4, -0.2) is 17.9 Å². The van der Waals surface area contributed by atoms with Gasteiger partial charge in [0.15, 0.2) is 0 Å². The van der Waals surface area contributed by atoms with Crippen LogP contribution in [0.4, 0.5) is 0 Å². The highest BCUT2D eigenvalue weighted by Crippen LogP contribution is 2.19. The smallest absolute Gasteiger partial charge is 0.251 e. The second-order valence-corrected chi connectivity index (χ2v) is 6.97. The molecule has 0 unspecified atom stereocenters. The van der Waals surface area contributed by atoms with Crippen LogP contribution in [0.15, 0.2) is 84.9 Å². The van der Waals surface area contributed by atoms with E-state index in [1.54, 1.807) is 24.3 Å². The average molecular weight is 387 g/mol. The topological polar surface area (TPSA) is 84.2 Å². The lowest BCUT2D eigenvalue weighted by molar-refractivity contribution is -0.120. The van der Waals surface area contributed by atoms with Gasteiger partial charge in [-0.25, -0.2) is 0 Å². The van der Waals surface area contributed by atoms with Gasteiger partial charge < -0.3 is 16.4 Å². The summed E-state index contributed by atoms with van der Waals surface area (Å²) in [6, 6.07) is 25.1. The number of hydrogen-bond donors (Lipinski definition) is 3. The standard InChI is InChI=1S/C24H25N3O2/c1-17-12-14-18(15-13-17)16-26-21(19-8-4-2-5-9-19)22(23(25)28)27-24(29)20-10-6-3-7-11-20/h2-15,21-22,26H,16H2,1H3,(H2,25,28)(H,27,29)/t21-,22-/m1/s1. The molecule has 0 bridgehead atoms. The van der Waals surface area contributed by atoms with Crippen molar-refractivity contribution in [3.63, 3.8) is 0 Å². The molecule has 0 aromatic heterocycles. The van der Waals surface area contributed by atoms with E-state index in [0.29, 0.717) is 12.1 Å². The lowest BCUT2D eigenvalue weighted by Crippen LogP contribution is -2.51. The number of rotatable bonds is 8. The molecule has 0 radical (unpaired) electrons. The van der Waals surface area contributed by atoms with E-state index in [9.17, 15) is 9.59 Å². The van der Waals surface area contributed by atoms with Gasteiger partial charge in [0, 0.05) is 12.1 Å². The molecule has 29 heavy (non-hydrogen) atoms. The molecule has 3 aromatic rings. The van der Waals surface area contributed by atoms with Gasteiger partial charge >= 0.3 is 0 Å². The lowest BCUT2D eigenvalue weighted by Gasteiger charge is -2.27. The molecule has 148 valence electrons. The number of carbonyl (C=O) groups is 2. The van der Waals surface area contributed by atoms with Crippen LogP contribution < -0.4 is 16.4 Å². The Hall–Kier alpha value is -3.44. The van der Waals surface area contributed by atoms with Crippen molar-refractivity contribution in [1.29, 1.82) is 0 Å². The number of hydrogen-bond acceptors (Lipinski definition) is 3. The van der Waals surface area contributed by atoms with Crippen molar-refractivity contribution in [1.82, 2.24) is 10.6 Å². The summed E-state index contributed by atoms with van der Waals surface area (Å²) in [5.41, 5.74) is 9.30. The van der Waals surface area contributed by atoms with Gasteiger partial charge in [0.25, 0.3) is 5.91 Å². The van der Waals surface area contributed by atoms with Gasteiger partial charge in [-0.1, -0.05) is 78.4 Å².